The molecule has 0 aliphatic heterocycles. The van der Waals surface area contributed by atoms with Gasteiger partial charge < -0.3 is 0 Å². The van der Waals surface area contributed by atoms with Gasteiger partial charge >= 0.3 is 0 Å². The van der Waals surface area contributed by atoms with Gasteiger partial charge in [0.15, 0.2) is 5.82 Å². The first-order valence-corrected chi connectivity index (χ1v) is 5.72. The molecule has 4 heteroatoms. The van der Waals surface area contributed by atoms with Gasteiger partial charge in [-0.2, -0.15) is 5.10 Å². The highest BCUT2D eigenvalue weighted by Gasteiger charge is 2.09. The molecule has 16 heavy (non-hydrogen) atoms. The van der Waals surface area contributed by atoms with E-state index < -0.39 is 0 Å². The van der Waals surface area contributed by atoms with E-state index in [0.29, 0.717) is 0 Å². The standard InChI is InChI=1S/C12H16N4/c1-2-3-4-6-11-10(9-15-16-11)12-13-7-5-8-14-12/h5,7-9H,2-4,6H2,1H3,(H,15,16). The molecule has 0 saturated heterocycles. The molecular formula is C12H16N4. The minimum Gasteiger partial charge on any atom is -0.285 e. The van der Waals surface area contributed by atoms with Crippen molar-refractivity contribution in [2.24, 2.45) is 0 Å². The van der Waals surface area contributed by atoms with Crippen molar-refractivity contribution in [1.82, 2.24) is 20.2 Å². The van der Waals surface area contributed by atoms with Gasteiger partial charge in [0, 0.05) is 18.6 Å². The van der Waals surface area contributed by atoms with E-state index in [1.165, 1.54) is 19.3 Å². The fourth-order valence-corrected chi connectivity index (χ4v) is 1.68. The highest BCUT2D eigenvalue weighted by atomic mass is 15.1. The summed E-state index contributed by atoms with van der Waals surface area (Å²) in [5.41, 5.74) is 2.09. The molecular weight excluding hydrogens is 200 g/mol. The van der Waals surface area contributed by atoms with E-state index in [2.05, 4.69) is 27.1 Å². The van der Waals surface area contributed by atoms with Crippen LogP contribution in [0.1, 0.15) is 31.9 Å². The van der Waals surface area contributed by atoms with Crippen molar-refractivity contribution in [3.05, 3.63) is 30.4 Å². The Kier molecular flexibility index (Phi) is 3.64. The lowest BCUT2D eigenvalue weighted by Crippen LogP contribution is -1.92. The zero-order chi connectivity index (χ0) is 11.2. The van der Waals surface area contributed by atoms with E-state index in [9.17, 15) is 0 Å². The van der Waals surface area contributed by atoms with Crippen LogP contribution in [-0.4, -0.2) is 20.2 Å². The summed E-state index contributed by atoms with van der Waals surface area (Å²) in [7, 11) is 0. The van der Waals surface area contributed by atoms with E-state index in [4.69, 9.17) is 0 Å². The predicted octanol–water partition coefficient (Wildman–Crippen LogP) is 2.60. The smallest absolute Gasteiger partial charge is 0.162 e. The fourth-order valence-electron chi connectivity index (χ4n) is 1.68. The lowest BCUT2D eigenvalue weighted by atomic mass is 10.1. The summed E-state index contributed by atoms with van der Waals surface area (Å²) < 4.78 is 0. The van der Waals surface area contributed by atoms with Gasteiger partial charge in [0.2, 0.25) is 0 Å². The molecule has 2 aromatic rings. The number of aromatic amines is 1. The van der Waals surface area contributed by atoms with Crippen LogP contribution in [0.4, 0.5) is 0 Å². The van der Waals surface area contributed by atoms with E-state index in [1.54, 1.807) is 12.4 Å². The van der Waals surface area contributed by atoms with Crippen molar-refractivity contribution in [3.63, 3.8) is 0 Å². The largest absolute Gasteiger partial charge is 0.285 e. The molecule has 0 aliphatic rings. The van der Waals surface area contributed by atoms with E-state index in [1.807, 2.05) is 12.3 Å². The molecule has 1 N–H and O–H groups in total. The number of rotatable bonds is 5. The maximum atomic E-state index is 4.26. The zero-order valence-electron chi connectivity index (χ0n) is 9.48. The number of unbranched alkanes of at least 4 members (excludes halogenated alkanes) is 2. The molecule has 0 unspecified atom stereocenters. The summed E-state index contributed by atoms with van der Waals surface area (Å²) >= 11 is 0. The molecule has 2 aromatic heterocycles. The average Bonchev–Trinajstić information content (AvgIpc) is 2.79. The molecule has 0 amide bonds. The van der Waals surface area contributed by atoms with Crippen LogP contribution in [0, 0.1) is 0 Å². The van der Waals surface area contributed by atoms with Crippen LogP contribution in [0.3, 0.4) is 0 Å². The Morgan fingerprint density at radius 3 is 2.75 bits per heavy atom. The van der Waals surface area contributed by atoms with Crippen LogP contribution in [0.15, 0.2) is 24.7 Å². The molecule has 84 valence electrons. The topological polar surface area (TPSA) is 54.5 Å². The SMILES string of the molecule is CCCCCc1n[nH]cc1-c1ncccn1. The summed E-state index contributed by atoms with van der Waals surface area (Å²) in [6, 6.07) is 1.82. The molecule has 2 rings (SSSR count). The van der Waals surface area contributed by atoms with E-state index in [-0.39, 0.29) is 0 Å². The Bertz CT molecular complexity index is 422. The second-order valence-corrected chi connectivity index (χ2v) is 3.78. The number of nitrogens with zero attached hydrogens (tertiary/aromatic N) is 3. The number of aryl methyl sites for hydroxylation is 1. The quantitative estimate of drug-likeness (QED) is 0.781. The normalized spacial score (nSPS) is 10.6. The minimum atomic E-state index is 0.753. The van der Waals surface area contributed by atoms with Crippen LogP contribution in [0.5, 0.6) is 0 Å². The van der Waals surface area contributed by atoms with Crippen molar-refractivity contribution in [2.75, 3.05) is 0 Å². The Morgan fingerprint density at radius 2 is 2.00 bits per heavy atom. The van der Waals surface area contributed by atoms with E-state index >= 15 is 0 Å². The Morgan fingerprint density at radius 1 is 1.19 bits per heavy atom. The van der Waals surface area contributed by atoms with Gasteiger partial charge in [-0.25, -0.2) is 9.97 Å². The average molecular weight is 216 g/mol. The molecule has 2 heterocycles. The number of hydrogen-bond donors (Lipinski definition) is 1. The Labute approximate surface area is 95.1 Å². The number of nitrogens with one attached hydrogen (secondary N) is 1. The van der Waals surface area contributed by atoms with Gasteiger partial charge in [0.25, 0.3) is 0 Å². The first-order chi connectivity index (χ1) is 7.92. The molecule has 0 atom stereocenters. The first kappa shape index (κ1) is 10.8. The summed E-state index contributed by atoms with van der Waals surface area (Å²) in [5.74, 6) is 0.753. The van der Waals surface area contributed by atoms with Gasteiger partial charge in [-0.3, -0.25) is 5.10 Å². The zero-order valence-corrected chi connectivity index (χ0v) is 9.48. The molecule has 0 spiro atoms. The maximum absolute atomic E-state index is 4.26. The van der Waals surface area contributed by atoms with E-state index in [0.717, 1.165) is 23.5 Å². The van der Waals surface area contributed by atoms with Crippen molar-refractivity contribution >= 4 is 0 Å². The van der Waals surface area contributed by atoms with Gasteiger partial charge in [-0.1, -0.05) is 19.8 Å². The van der Waals surface area contributed by atoms with Crippen LogP contribution in [-0.2, 0) is 6.42 Å². The molecule has 0 saturated carbocycles. The third kappa shape index (κ3) is 2.45. The fraction of sp³-hybridized carbons (Fsp3) is 0.417. The second kappa shape index (κ2) is 5.39. The molecule has 0 fully saturated rings. The molecule has 4 nitrogen and oxygen atoms in total. The Balaban J connectivity index is 2.13. The van der Waals surface area contributed by atoms with Crippen molar-refractivity contribution in [3.8, 4) is 11.4 Å². The van der Waals surface area contributed by atoms with Gasteiger partial charge in [0.05, 0.1) is 11.3 Å². The molecule has 0 aromatic carbocycles. The monoisotopic (exact) mass is 216 g/mol. The summed E-state index contributed by atoms with van der Waals surface area (Å²) in [5, 5.41) is 7.15. The molecule has 0 bridgehead atoms. The van der Waals surface area contributed by atoms with Gasteiger partial charge in [0.1, 0.15) is 0 Å². The lowest BCUT2D eigenvalue weighted by molar-refractivity contribution is 0.705. The highest BCUT2D eigenvalue weighted by Crippen LogP contribution is 2.18. The summed E-state index contributed by atoms with van der Waals surface area (Å²) in [6.07, 6.45) is 10.0. The van der Waals surface area contributed by atoms with Crippen molar-refractivity contribution in [1.29, 1.82) is 0 Å². The maximum Gasteiger partial charge on any atom is 0.162 e. The van der Waals surface area contributed by atoms with Crippen molar-refractivity contribution in [2.45, 2.75) is 32.6 Å². The second-order valence-electron chi connectivity index (χ2n) is 3.78. The number of aromatic nitrogens is 4. The molecule has 0 radical (unpaired) electrons. The third-order valence-electron chi connectivity index (χ3n) is 2.54. The Hall–Kier alpha value is -1.71. The van der Waals surface area contributed by atoms with Crippen LogP contribution in [0.2, 0.25) is 0 Å². The summed E-state index contributed by atoms with van der Waals surface area (Å²) in [4.78, 5) is 8.48. The lowest BCUT2D eigenvalue weighted by Gasteiger charge is -2.00. The van der Waals surface area contributed by atoms with Crippen LogP contribution in [0.25, 0.3) is 11.4 Å². The van der Waals surface area contributed by atoms with Crippen molar-refractivity contribution < 1.29 is 0 Å². The van der Waals surface area contributed by atoms with Crippen LogP contribution >= 0.6 is 0 Å². The van der Waals surface area contributed by atoms with Crippen LogP contribution < -0.4 is 0 Å². The number of H-pyrrole nitrogens is 1. The number of hydrogen-bond acceptors (Lipinski definition) is 3. The molecule has 0 aliphatic carbocycles. The minimum absolute atomic E-state index is 0.753. The van der Waals surface area contributed by atoms with Gasteiger partial charge in [-0.15, -0.1) is 0 Å². The van der Waals surface area contributed by atoms with Gasteiger partial charge in [-0.05, 0) is 18.9 Å². The highest BCUT2D eigenvalue weighted by molar-refractivity contribution is 5.56. The first-order valence-electron chi connectivity index (χ1n) is 5.72. The third-order valence-corrected chi connectivity index (χ3v) is 2.54. The summed E-state index contributed by atoms with van der Waals surface area (Å²) in [6.45, 7) is 2.20. The predicted molar refractivity (Wildman–Crippen MR) is 62.8 cm³/mol.